The first-order valence-electron chi connectivity index (χ1n) is 49.7. The Morgan fingerprint density at radius 1 is 0.444 bits per heavy atom. The number of ether oxygens (including phenoxy) is 2. The highest BCUT2D eigenvalue weighted by Crippen LogP contribution is 2.38. The summed E-state index contributed by atoms with van der Waals surface area (Å²) in [5.41, 5.74) is 24.5. The number of carbonyl (C=O) groups is 5. The van der Waals surface area contributed by atoms with E-state index in [1.807, 2.05) is 86.9 Å². The summed E-state index contributed by atoms with van der Waals surface area (Å²) in [7, 11) is -2.51. The van der Waals surface area contributed by atoms with Crippen molar-refractivity contribution in [1.29, 1.82) is 15.8 Å². The monoisotopic (exact) mass is 1970 g/mol. The number of benzene rings is 6. The number of nitrogens with zero attached hydrogens (tertiary/aromatic N) is 17. The summed E-state index contributed by atoms with van der Waals surface area (Å²) < 4.78 is 51.5. The lowest BCUT2D eigenvalue weighted by molar-refractivity contribution is 0.0690. The predicted molar refractivity (Wildman–Crippen MR) is 556 cm³/mol. The summed E-state index contributed by atoms with van der Waals surface area (Å²) >= 11 is 0. The largest absolute Gasteiger partial charge is 0.478 e. The lowest BCUT2D eigenvalue weighted by atomic mass is 9.83. The molecule has 6 fully saturated rings. The second-order valence-electron chi connectivity index (χ2n) is 40.9. The van der Waals surface area contributed by atoms with Crippen LogP contribution in [-0.2, 0) is 28.7 Å². The molecule has 6 aliphatic rings. The molecule has 15 rings (SSSR count). The van der Waals surface area contributed by atoms with Crippen molar-refractivity contribution in [1.82, 2.24) is 56.3 Å². The average Bonchev–Trinajstić information content (AvgIpc) is 0.777. The number of carboxylic acid groups (broad SMARTS) is 1. The van der Waals surface area contributed by atoms with Crippen molar-refractivity contribution in [3.05, 3.63) is 245 Å². The van der Waals surface area contributed by atoms with Gasteiger partial charge in [-0.15, -0.1) is 15.3 Å². The van der Waals surface area contributed by atoms with E-state index in [4.69, 9.17) is 15.2 Å². The fourth-order valence-corrected chi connectivity index (χ4v) is 22.0. The molecule has 6 saturated heterocycles. The van der Waals surface area contributed by atoms with Crippen LogP contribution in [0.15, 0.2) is 128 Å². The van der Waals surface area contributed by atoms with Gasteiger partial charge in [0.25, 0.3) is 11.8 Å². The van der Waals surface area contributed by atoms with Gasteiger partial charge in [0.05, 0.1) is 70.7 Å². The van der Waals surface area contributed by atoms with E-state index in [-0.39, 0.29) is 41.9 Å². The molecule has 9 aromatic rings. The Hall–Kier alpha value is -13.1. The highest BCUT2D eigenvalue weighted by Gasteiger charge is 2.38. The number of nitrogens with two attached hydrogens (primary N) is 1. The number of nitriles is 3. The lowest BCUT2D eigenvalue weighted by Gasteiger charge is -2.42. The van der Waals surface area contributed by atoms with Crippen LogP contribution in [0.4, 0.5) is 57.3 Å². The van der Waals surface area contributed by atoms with E-state index >= 15 is 0 Å². The number of rotatable bonds is 26. The molecule has 0 aliphatic carbocycles. The standard InChI is InChI=1S/C38H50FN7O3Si.C32H38FN7O.C23H25FN2O2.C15H27N5O2Si/c1-26-20-27(2)36(28(3)33(26)21-29-11-14-44(15-12-29)34-10-9-31(39)22-30(34)23-40)37(47)45-16-17-46(35-8-7-13-42-43-35)32(25-45)24-41-38(48)49-18-19-50(4,5)6;1-21-15-22(2)31(32(41)39-13-14-40(27(19-35)20-39)30-5-4-10-36-37-30)23(3)28(21)16-24-8-11-38(12-9-24)29-7-6-26(33)17-25(29)18-34;1-14-10-15(2)22(23(27)28)16(3)20(14)11-17-6-8-26(9-7-17)21-5-4-19(24)12-18(21)13-25;1-23(2,3)10-9-22-15(21)17-12-13-11-16-7-8-20(13)14-5-4-6-18-19-14/h7-10,13,20,22,29,32H,11-12,14-19,21,24-25H2,1-6H3,(H,41,48);4-7,10,15,17,24,27H,8-9,11-14,16,19-20,35H2,1-3H3;4-5,10,12,17H,6-9,11H2,1-3H3,(H,27,28);4-6,13,16H,7-12H2,1-3H3,(H,17,21)/t32-;27-;;13-/m11.0/s1. The normalized spacial score (nSPS) is 17.1. The number of piperidine rings is 3. The van der Waals surface area contributed by atoms with Crippen LogP contribution in [0, 0.1) is 132 Å². The Labute approximate surface area is 836 Å². The zero-order chi connectivity index (χ0) is 102. The van der Waals surface area contributed by atoms with Gasteiger partial charge in [0.15, 0.2) is 17.5 Å². The van der Waals surface area contributed by atoms with Gasteiger partial charge in [-0.3, -0.25) is 9.59 Å². The zero-order valence-corrected chi connectivity index (χ0v) is 87.1. The number of amides is 4. The first-order valence-corrected chi connectivity index (χ1v) is 57.1. The third kappa shape index (κ3) is 28.7. The van der Waals surface area contributed by atoms with Crippen LogP contribution in [0.25, 0.3) is 0 Å². The zero-order valence-electron chi connectivity index (χ0n) is 85.1. The molecule has 0 spiro atoms. The number of anilines is 6. The number of alkyl carbamates (subject to hydrolysis) is 2. The first kappa shape index (κ1) is 108. The molecule has 0 unspecified atom stereocenters. The van der Waals surface area contributed by atoms with Crippen molar-refractivity contribution in [3.63, 3.8) is 0 Å². The number of hydrogen-bond donors (Lipinski definition) is 5. The highest BCUT2D eigenvalue weighted by atomic mass is 28.3. The number of piperazine rings is 3. The molecule has 6 aromatic carbocycles. The van der Waals surface area contributed by atoms with Crippen molar-refractivity contribution in [3.8, 4) is 18.2 Å². The number of carboxylic acids is 1. The highest BCUT2D eigenvalue weighted by molar-refractivity contribution is 6.76. The molecule has 3 atom stereocenters. The molecule has 9 heterocycles. The van der Waals surface area contributed by atoms with Crippen LogP contribution in [0.2, 0.25) is 51.4 Å². The van der Waals surface area contributed by atoms with E-state index in [0.29, 0.717) is 118 Å². The van der Waals surface area contributed by atoms with E-state index < -0.39 is 39.8 Å². The maximum absolute atomic E-state index is 14.4. The van der Waals surface area contributed by atoms with Crippen LogP contribution in [0.1, 0.15) is 153 Å². The minimum Gasteiger partial charge on any atom is -0.478 e. The maximum Gasteiger partial charge on any atom is 0.407 e. The molecule has 29 nitrogen and oxygen atoms in total. The molecule has 0 saturated carbocycles. The smallest absolute Gasteiger partial charge is 0.407 e. The summed E-state index contributed by atoms with van der Waals surface area (Å²) in [4.78, 5) is 81.2. The van der Waals surface area contributed by atoms with Gasteiger partial charge in [0, 0.05) is 164 Å². The fraction of sp³-hybridized carbons (Fsp3) is 0.481. The Bertz CT molecular complexity index is 6000. The molecule has 34 heteroatoms. The van der Waals surface area contributed by atoms with E-state index in [1.54, 1.807) is 36.8 Å². The molecule has 6 aliphatic heterocycles. The number of aryl methyl sites for hydroxylation is 6. The number of halogens is 3. The lowest BCUT2D eigenvalue weighted by Crippen LogP contribution is -2.58. The van der Waals surface area contributed by atoms with Crippen molar-refractivity contribution >= 4 is 80.6 Å². The van der Waals surface area contributed by atoms with Crippen LogP contribution in [-0.4, -0.2) is 241 Å². The molecular formula is C108H140F3N21O8Si2. The number of carbonyl (C=O) groups excluding carboxylic acids is 4. The van der Waals surface area contributed by atoms with E-state index in [2.05, 4.69) is 173 Å². The second kappa shape index (κ2) is 50.0. The summed E-state index contributed by atoms with van der Waals surface area (Å²) in [6.07, 6.45) is 12.5. The van der Waals surface area contributed by atoms with Crippen molar-refractivity contribution in [2.45, 2.75) is 190 Å². The minimum absolute atomic E-state index is 0.00193. The first-order chi connectivity index (χ1) is 67.9. The van der Waals surface area contributed by atoms with Crippen LogP contribution in [0.5, 0.6) is 0 Å². The van der Waals surface area contributed by atoms with Crippen LogP contribution >= 0.6 is 0 Å². The Kier molecular flexibility index (Phi) is 38.0. The molecule has 4 amide bonds. The quantitative estimate of drug-likeness (QED) is 0.0314. The van der Waals surface area contributed by atoms with E-state index in [1.165, 1.54) is 58.7 Å². The van der Waals surface area contributed by atoms with Gasteiger partial charge in [-0.05, 0) is 308 Å². The average molecular weight is 1970 g/mol. The van der Waals surface area contributed by atoms with Gasteiger partial charge in [0.1, 0.15) is 35.7 Å². The summed E-state index contributed by atoms with van der Waals surface area (Å²) in [5.74, 6) is 1.70. The Balaban J connectivity index is 0.000000176. The predicted octanol–water partition coefficient (Wildman–Crippen LogP) is 16.5. The topological polar surface area (TPSA) is 361 Å². The van der Waals surface area contributed by atoms with E-state index in [9.17, 15) is 58.0 Å². The van der Waals surface area contributed by atoms with Gasteiger partial charge in [0.2, 0.25) is 0 Å². The van der Waals surface area contributed by atoms with E-state index in [0.717, 1.165) is 213 Å². The number of hydrogen-bond acceptors (Lipinski definition) is 24. The maximum atomic E-state index is 14.4. The van der Waals surface area contributed by atoms with Gasteiger partial charge >= 0.3 is 18.2 Å². The van der Waals surface area contributed by atoms with Crippen LogP contribution < -0.4 is 51.1 Å². The number of aromatic nitrogens is 6. The van der Waals surface area contributed by atoms with Crippen molar-refractivity contribution in [2.75, 3.05) is 160 Å². The molecular weight excluding hydrogens is 1830 g/mol. The number of aromatic carboxylic acids is 1. The second-order valence-corrected chi connectivity index (χ2v) is 52.1. The van der Waals surface area contributed by atoms with Crippen molar-refractivity contribution < 1.29 is 51.7 Å². The molecule has 754 valence electrons. The Morgan fingerprint density at radius 2 is 0.775 bits per heavy atom. The summed E-state index contributed by atoms with van der Waals surface area (Å²) in [6, 6.07) is 39.0. The third-order valence-electron chi connectivity index (χ3n) is 28.5. The molecule has 3 aromatic heterocycles. The van der Waals surface area contributed by atoms with Gasteiger partial charge < -0.3 is 75.5 Å². The van der Waals surface area contributed by atoms with Gasteiger partial charge in [-0.2, -0.15) is 31.1 Å². The molecule has 6 N–H and O–H groups in total. The van der Waals surface area contributed by atoms with Gasteiger partial charge in [-0.25, -0.2) is 27.6 Å². The third-order valence-corrected chi connectivity index (χ3v) is 31.9. The van der Waals surface area contributed by atoms with Crippen molar-refractivity contribution in [2.24, 2.45) is 23.5 Å². The van der Waals surface area contributed by atoms with Gasteiger partial charge in [-0.1, -0.05) is 57.5 Å². The summed E-state index contributed by atoms with van der Waals surface area (Å²) in [6.45, 7) is 44.6. The Morgan fingerprint density at radius 3 is 1.11 bits per heavy atom. The fourth-order valence-electron chi connectivity index (χ4n) is 20.6. The number of nitrogens with one attached hydrogen (secondary N) is 3. The molecule has 142 heavy (non-hydrogen) atoms. The molecule has 0 radical (unpaired) electrons. The van der Waals surface area contributed by atoms with Crippen LogP contribution in [0.3, 0.4) is 0 Å². The molecule has 0 bridgehead atoms. The SMILES string of the molecule is C[Si](C)(C)CCOC(=O)NC[C@@H]1CNCCN1c1cccnn1.Cc1cc(C)c(C(=O)N2CCN(c3cccnn3)[C@H](CN)C2)c(C)c1CC1CCN(c2ccc(F)cc2C#N)CC1.Cc1cc(C)c(C(=O)N2CCN(c3cccnn3)[C@H](CNC(=O)OCC[Si](C)(C)C)C2)c(C)c1CC1CCN(c2ccc(F)cc2C#N)CC1.Cc1cc(C)c(C(=O)O)c(C)c1CC1CCN(c2ccc(F)cc2C#N)CC1. The summed E-state index contributed by atoms with van der Waals surface area (Å²) in [5, 5.41) is 71.7. The minimum atomic E-state index is -1.33.